The lowest BCUT2D eigenvalue weighted by molar-refractivity contribution is 0.0976. The highest BCUT2D eigenvalue weighted by Crippen LogP contribution is 2.21. The van der Waals surface area contributed by atoms with Crippen molar-refractivity contribution < 1.29 is 4.79 Å². The Hall–Kier alpha value is -1.93. The summed E-state index contributed by atoms with van der Waals surface area (Å²) in [7, 11) is 0. The number of nitrogens with zero attached hydrogens (tertiary/aromatic N) is 3. The molecule has 0 bridgehead atoms. The average molecular weight is 245 g/mol. The second-order valence-corrected chi connectivity index (χ2v) is 4.71. The van der Waals surface area contributed by atoms with E-state index in [1.807, 2.05) is 22.2 Å². The number of Topliss-reactive ketones (excluding diaryl/α,β-unsaturated/α-hetero) is 1. The zero-order valence-electron chi connectivity index (χ0n) is 9.33. The van der Waals surface area contributed by atoms with Crippen LogP contribution < -0.4 is 0 Å². The van der Waals surface area contributed by atoms with Gasteiger partial charge in [-0.05, 0) is 13.0 Å². The molecule has 0 spiro atoms. The molecule has 0 amide bonds. The van der Waals surface area contributed by atoms with Crippen molar-refractivity contribution in [1.82, 2.24) is 9.55 Å². The molecule has 86 valence electrons. The van der Waals surface area contributed by atoms with Crippen LogP contribution in [0.15, 0.2) is 30.2 Å². The van der Waals surface area contributed by atoms with Crippen LogP contribution in [0.1, 0.15) is 23.0 Å². The third-order valence-electron chi connectivity index (χ3n) is 2.37. The molecule has 2 aromatic rings. The van der Waals surface area contributed by atoms with Crippen LogP contribution in [0.2, 0.25) is 0 Å². The molecular formula is C12H11N3OS. The number of imidazole rings is 1. The fourth-order valence-electron chi connectivity index (χ4n) is 1.44. The minimum absolute atomic E-state index is 0.0235. The van der Waals surface area contributed by atoms with E-state index in [0.29, 0.717) is 4.88 Å². The number of nitriles is 1. The standard InChI is InChI=1S/C12H11N3OS/c1-9(6-13)4-11(16)12-5-10(7-17-12)15-3-2-14-8-15/h2-3,5,7-9H,4H2,1H3. The summed E-state index contributed by atoms with van der Waals surface area (Å²) in [6.07, 6.45) is 5.49. The second-order valence-electron chi connectivity index (χ2n) is 3.80. The van der Waals surface area contributed by atoms with E-state index < -0.39 is 0 Å². The van der Waals surface area contributed by atoms with Gasteiger partial charge in [-0.2, -0.15) is 5.26 Å². The minimum Gasteiger partial charge on any atom is -0.305 e. The van der Waals surface area contributed by atoms with Crippen molar-refractivity contribution >= 4 is 17.1 Å². The number of hydrogen-bond acceptors (Lipinski definition) is 4. The Balaban J connectivity index is 2.14. The zero-order valence-corrected chi connectivity index (χ0v) is 10.1. The van der Waals surface area contributed by atoms with E-state index in [1.165, 1.54) is 11.3 Å². The van der Waals surface area contributed by atoms with Crippen molar-refractivity contribution in [2.75, 3.05) is 0 Å². The monoisotopic (exact) mass is 245 g/mol. The molecule has 1 unspecified atom stereocenters. The summed E-state index contributed by atoms with van der Waals surface area (Å²) in [6, 6.07) is 3.90. The smallest absolute Gasteiger partial charge is 0.174 e. The summed E-state index contributed by atoms with van der Waals surface area (Å²) in [5.74, 6) is -0.211. The van der Waals surface area contributed by atoms with Crippen LogP contribution in [0.5, 0.6) is 0 Å². The summed E-state index contributed by atoms with van der Waals surface area (Å²) >= 11 is 1.40. The molecule has 0 saturated carbocycles. The summed E-state index contributed by atoms with van der Waals surface area (Å²) in [4.78, 5) is 16.5. The van der Waals surface area contributed by atoms with E-state index >= 15 is 0 Å². The molecule has 0 N–H and O–H groups in total. The van der Waals surface area contributed by atoms with E-state index in [9.17, 15) is 4.79 Å². The Morgan fingerprint density at radius 3 is 3.18 bits per heavy atom. The van der Waals surface area contributed by atoms with Gasteiger partial charge in [0.1, 0.15) is 0 Å². The van der Waals surface area contributed by atoms with Gasteiger partial charge in [0.15, 0.2) is 5.78 Å². The normalized spacial score (nSPS) is 12.0. The highest BCUT2D eigenvalue weighted by Gasteiger charge is 2.13. The number of hydrogen-bond donors (Lipinski definition) is 0. The average Bonchev–Trinajstić information content (AvgIpc) is 2.98. The van der Waals surface area contributed by atoms with Crippen LogP contribution in [0.4, 0.5) is 0 Å². The van der Waals surface area contributed by atoms with E-state index in [2.05, 4.69) is 11.1 Å². The predicted octanol–water partition coefficient (Wildman–Crippen LogP) is 2.67. The van der Waals surface area contributed by atoms with Crippen molar-refractivity contribution in [3.8, 4) is 11.8 Å². The molecule has 17 heavy (non-hydrogen) atoms. The van der Waals surface area contributed by atoms with Crippen LogP contribution in [0, 0.1) is 17.2 Å². The lowest BCUT2D eigenvalue weighted by Crippen LogP contribution is -2.02. The fraction of sp³-hybridized carbons (Fsp3) is 0.250. The van der Waals surface area contributed by atoms with Crippen molar-refractivity contribution in [2.24, 2.45) is 5.92 Å². The first-order valence-corrected chi connectivity index (χ1v) is 6.08. The van der Waals surface area contributed by atoms with Gasteiger partial charge < -0.3 is 4.57 Å². The summed E-state index contributed by atoms with van der Waals surface area (Å²) < 4.78 is 1.85. The third kappa shape index (κ3) is 2.60. The molecule has 0 fully saturated rings. The number of ketones is 1. The van der Waals surface area contributed by atoms with Crippen molar-refractivity contribution in [3.63, 3.8) is 0 Å². The maximum absolute atomic E-state index is 11.8. The minimum atomic E-state index is -0.235. The van der Waals surface area contributed by atoms with Gasteiger partial charge in [-0.1, -0.05) is 0 Å². The molecule has 5 heteroatoms. The van der Waals surface area contributed by atoms with Crippen LogP contribution in [-0.2, 0) is 0 Å². The first-order valence-electron chi connectivity index (χ1n) is 5.20. The molecule has 2 rings (SSSR count). The molecule has 0 radical (unpaired) electrons. The highest BCUT2D eigenvalue weighted by molar-refractivity contribution is 7.12. The lowest BCUT2D eigenvalue weighted by atomic mass is 10.1. The Bertz CT molecular complexity index is 551. The first kappa shape index (κ1) is 11.6. The van der Waals surface area contributed by atoms with E-state index in [4.69, 9.17) is 5.26 Å². The Labute approximate surface area is 103 Å². The molecule has 1 atom stereocenters. The largest absolute Gasteiger partial charge is 0.305 e. The van der Waals surface area contributed by atoms with Gasteiger partial charge in [0, 0.05) is 24.2 Å². The summed E-state index contributed by atoms with van der Waals surface area (Å²) in [6.45, 7) is 1.75. The van der Waals surface area contributed by atoms with Crippen molar-refractivity contribution in [3.05, 3.63) is 35.0 Å². The summed E-state index contributed by atoms with van der Waals surface area (Å²) in [5.41, 5.74) is 0.931. The van der Waals surface area contributed by atoms with Gasteiger partial charge in [0.25, 0.3) is 0 Å². The maximum atomic E-state index is 11.8. The first-order chi connectivity index (χ1) is 8.20. The van der Waals surface area contributed by atoms with Crippen LogP contribution >= 0.6 is 11.3 Å². The number of carbonyl (C=O) groups excluding carboxylic acids is 1. The second kappa shape index (κ2) is 4.93. The number of carbonyl (C=O) groups is 1. The molecule has 4 nitrogen and oxygen atoms in total. The van der Waals surface area contributed by atoms with Gasteiger partial charge >= 0.3 is 0 Å². The predicted molar refractivity (Wildman–Crippen MR) is 65.2 cm³/mol. The van der Waals surface area contributed by atoms with Crippen molar-refractivity contribution in [2.45, 2.75) is 13.3 Å². The van der Waals surface area contributed by atoms with Crippen LogP contribution in [-0.4, -0.2) is 15.3 Å². The van der Waals surface area contributed by atoms with E-state index in [0.717, 1.165) is 5.69 Å². The lowest BCUT2D eigenvalue weighted by Gasteiger charge is -1.98. The Morgan fingerprint density at radius 1 is 1.71 bits per heavy atom. The zero-order chi connectivity index (χ0) is 12.3. The van der Waals surface area contributed by atoms with E-state index in [1.54, 1.807) is 19.4 Å². The summed E-state index contributed by atoms with van der Waals surface area (Å²) in [5, 5.41) is 10.6. The molecule has 0 aliphatic heterocycles. The van der Waals surface area contributed by atoms with Gasteiger partial charge in [-0.25, -0.2) is 4.98 Å². The highest BCUT2D eigenvalue weighted by atomic mass is 32.1. The molecule has 0 saturated heterocycles. The number of aromatic nitrogens is 2. The van der Waals surface area contributed by atoms with Gasteiger partial charge in [-0.3, -0.25) is 4.79 Å². The van der Waals surface area contributed by atoms with Gasteiger partial charge in [-0.15, -0.1) is 11.3 Å². The van der Waals surface area contributed by atoms with Crippen LogP contribution in [0.3, 0.4) is 0 Å². The van der Waals surface area contributed by atoms with Crippen LogP contribution in [0.25, 0.3) is 5.69 Å². The quantitative estimate of drug-likeness (QED) is 0.778. The van der Waals surface area contributed by atoms with Gasteiger partial charge in [0.2, 0.25) is 0 Å². The molecule has 0 aromatic carbocycles. The molecule has 2 heterocycles. The SMILES string of the molecule is CC(C#N)CC(=O)c1cc(-n2ccnc2)cs1. The molecule has 2 aromatic heterocycles. The third-order valence-corrected chi connectivity index (χ3v) is 3.33. The number of rotatable bonds is 4. The number of thiophene rings is 1. The Kier molecular flexibility index (Phi) is 3.35. The molecular weight excluding hydrogens is 234 g/mol. The topological polar surface area (TPSA) is 58.7 Å². The fourth-order valence-corrected chi connectivity index (χ4v) is 2.29. The van der Waals surface area contributed by atoms with Gasteiger partial charge in [0.05, 0.1) is 28.9 Å². The maximum Gasteiger partial charge on any atom is 0.174 e. The van der Waals surface area contributed by atoms with Crippen molar-refractivity contribution in [1.29, 1.82) is 5.26 Å². The van der Waals surface area contributed by atoms with E-state index in [-0.39, 0.29) is 18.1 Å². The molecule has 0 aliphatic carbocycles. The molecule has 0 aliphatic rings. The Morgan fingerprint density at radius 2 is 2.53 bits per heavy atom.